The van der Waals surface area contributed by atoms with Gasteiger partial charge in [-0.15, -0.1) is 0 Å². The molecule has 0 fully saturated rings. The lowest BCUT2D eigenvalue weighted by atomic mass is 10.1. The van der Waals surface area contributed by atoms with E-state index in [4.69, 9.17) is 5.26 Å². The van der Waals surface area contributed by atoms with Gasteiger partial charge in [0.25, 0.3) is 0 Å². The molecule has 0 aromatic heterocycles. The number of amides is 1. The Morgan fingerprint density at radius 2 is 1.96 bits per heavy atom. The fraction of sp³-hybridized carbons (Fsp3) is 0.200. The van der Waals surface area contributed by atoms with E-state index < -0.39 is 11.7 Å². The third-order valence-electron chi connectivity index (χ3n) is 3.58. The van der Waals surface area contributed by atoms with Crippen LogP contribution in [0.1, 0.15) is 22.3 Å². The summed E-state index contributed by atoms with van der Waals surface area (Å²) in [5.41, 5.74) is 1.14. The maximum atomic E-state index is 12.7. The van der Waals surface area contributed by atoms with Crippen molar-refractivity contribution in [3.05, 3.63) is 76.9 Å². The van der Waals surface area contributed by atoms with Crippen LogP contribution in [0.5, 0.6) is 0 Å². The van der Waals surface area contributed by atoms with Gasteiger partial charge in [0.05, 0.1) is 17.2 Å². The zero-order valence-electron chi connectivity index (χ0n) is 14.3. The molecule has 0 aliphatic rings. The van der Waals surface area contributed by atoms with Gasteiger partial charge < -0.3 is 5.32 Å². The summed E-state index contributed by atoms with van der Waals surface area (Å²) in [7, 11) is 0. The number of benzene rings is 2. The molecule has 2 rings (SSSR count). The average molecular weight is 390 g/mol. The molecule has 0 spiro atoms. The smallest absolute Gasteiger partial charge is 0.352 e. The molecule has 0 aliphatic carbocycles. The second-order valence-electron chi connectivity index (χ2n) is 5.57. The first-order valence-electron chi connectivity index (χ1n) is 8.09. The van der Waals surface area contributed by atoms with Crippen molar-refractivity contribution in [2.45, 2.75) is 11.9 Å². The van der Waals surface area contributed by atoms with Gasteiger partial charge in [0.15, 0.2) is 0 Å². The van der Waals surface area contributed by atoms with Crippen molar-refractivity contribution in [3.8, 4) is 6.07 Å². The van der Waals surface area contributed by atoms with Crippen LogP contribution in [-0.2, 0) is 16.7 Å². The number of nitrogens with zero attached hydrogens (tertiary/aromatic N) is 1. The lowest BCUT2D eigenvalue weighted by Crippen LogP contribution is -2.23. The summed E-state index contributed by atoms with van der Waals surface area (Å²) in [5, 5.41) is 11.7. The Balaban J connectivity index is 1.75. The highest BCUT2D eigenvalue weighted by Crippen LogP contribution is 2.29. The lowest BCUT2D eigenvalue weighted by molar-refractivity contribution is -0.137. The molecule has 0 radical (unpaired) electrons. The zero-order valence-corrected chi connectivity index (χ0v) is 15.1. The minimum atomic E-state index is -4.41. The summed E-state index contributed by atoms with van der Waals surface area (Å²) in [4.78, 5) is 11.8. The number of hydrogen-bond donors (Lipinski definition) is 1. The van der Waals surface area contributed by atoms with Crippen molar-refractivity contribution in [1.82, 2.24) is 5.32 Å². The molecule has 0 bridgehead atoms. The molecule has 0 aliphatic heterocycles. The van der Waals surface area contributed by atoms with Crippen molar-refractivity contribution >= 4 is 23.7 Å². The van der Waals surface area contributed by atoms with E-state index in [9.17, 15) is 18.0 Å². The van der Waals surface area contributed by atoms with E-state index in [1.807, 2.05) is 18.2 Å². The number of carbonyl (C=O) groups is 1. The van der Waals surface area contributed by atoms with Gasteiger partial charge in [0, 0.05) is 24.1 Å². The number of carbonyl (C=O) groups excluding carboxylic acids is 1. The first kappa shape index (κ1) is 20.6. The third-order valence-corrected chi connectivity index (χ3v) is 4.59. The van der Waals surface area contributed by atoms with E-state index in [2.05, 4.69) is 11.4 Å². The Bertz CT molecular complexity index is 857. The van der Waals surface area contributed by atoms with Gasteiger partial charge in [-0.1, -0.05) is 30.3 Å². The highest BCUT2D eigenvalue weighted by atomic mass is 32.2. The number of thioether (sulfide) groups is 1. The van der Waals surface area contributed by atoms with Crippen molar-refractivity contribution in [1.29, 1.82) is 5.26 Å². The first-order valence-corrected chi connectivity index (χ1v) is 9.24. The predicted molar refractivity (Wildman–Crippen MR) is 101 cm³/mol. The second-order valence-corrected chi connectivity index (χ2v) is 6.67. The molecule has 3 nitrogen and oxygen atoms in total. The topological polar surface area (TPSA) is 52.9 Å². The summed E-state index contributed by atoms with van der Waals surface area (Å²) in [5.74, 6) is 0.952. The van der Waals surface area contributed by atoms with Crippen molar-refractivity contribution in [2.24, 2.45) is 0 Å². The largest absolute Gasteiger partial charge is 0.416 e. The van der Waals surface area contributed by atoms with Crippen LogP contribution in [0.2, 0.25) is 0 Å². The monoisotopic (exact) mass is 390 g/mol. The molecule has 2 aromatic rings. The maximum Gasteiger partial charge on any atom is 0.416 e. The normalized spacial score (nSPS) is 11.3. The number of halogens is 3. The Hall–Kier alpha value is -2.72. The van der Waals surface area contributed by atoms with Gasteiger partial charge in [-0.05, 0) is 35.4 Å². The first-order chi connectivity index (χ1) is 12.9. The Morgan fingerprint density at radius 1 is 1.19 bits per heavy atom. The molecule has 7 heteroatoms. The van der Waals surface area contributed by atoms with Crippen LogP contribution in [0.4, 0.5) is 13.2 Å². The SMILES string of the molecule is N#Cc1ccccc1CSCCNC(=O)/C=C/c1cccc(C(F)(F)F)c1. The quantitative estimate of drug-likeness (QED) is 0.554. The van der Waals surface area contributed by atoms with E-state index in [1.54, 1.807) is 17.8 Å². The summed E-state index contributed by atoms with van der Waals surface area (Å²) < 4.78 is 38.0. The molecule has 0 saturated heterocycles. The predicted octanol–water partition coefficient (Wildman–Crippen LogP) is 4.64. The molecular formula is C20H17F3N2OS. The molecule has 27 heavy (non-hydrogen) atoms. The third kappa shape index (κ3) is 6.83. The van der Waals surface area contributed by atoms with E-state index in [-0.39, 0.29) is 5.91 Å². The standard InChI is InChI=1S/C20H17F3N2OS/c21-20(22,23)18-7-3-4-15(12-18)8-9-19(26)25-10-11-27-14-17-6-2-1-5-16(17)13-24/h1-9,12H,10-11,14H2,(H,25,26)/b9-8+. The summed E-state index contributed by atoms with van der Waals surface area (Å²) in [6.07, 6.45) is -1.85. The summed E-state index contributed by atoms with van der Waals surface area (Å²) >= 11 is 1.58. The fourth-order valence-corrected chi connectivity index (χ4v) is 3.10. The highest BCUT2D eigenvalue weighted by Gasteiger charge is 2.30. The van der Waals surface area contributed by atoms with Crippen LogP contribution < -0.4 is 5.32 Å². The summed E-state index contributed by atoms with van der Waals surface area (Å²) in [6, 6.07) is 14.3. The van der Waals surface area contributed by atoms with Crippen LogP contribution in [0, 0.1) is 11.3 Å². The molecule has 2 aromatic carbocycles. The van der Waals surface area contributed by atoms with Crippen molar-refractivity contribution in [2.75, 3.05) is 12.3 Å². The number of nitrogens with one attached hydrogen (secondary N) is 1. The van der Waals surface area contributed by atoms with E-state index >= 15 is 0 Å². The van der Waals surface area contributed by atoms with Crippen LogP contribution in [-0.4, -0.2) is 18.2 Å². The van der Waals surface area contributed by atoms with Crippen molar-refractivity contribution < 1.29 is 18.0 Å². The minimum absolute atomic E-state index is 0.308. The van der Waals surface area contributed by atoms with Crippen LogP contribution >= 0.6 is 11.8 Å². The molecule has 0 saturated carbocycles. The molecule has 0 heterocycles. The number of rotatable bonds is 7. The highest BCUT2D eigenvalue weighted by molar-refractivity contribution is 7.98. The van der Waals surface area contributed by atoms with Gasteiger partial charge in [-0.3, -0.25) is 4.79 Å². The van der Waals surface area contributed by atoms with Crippen LogP contribution in [0.15, 0.2) is 54.6 Å². The summed E-state index contributed by atoms with van der Waals surface area (Å²) in [6.45, 7) is 0.422. The number of alkyl halides is 3. The van der Waals surface area contributed by atoms with Crippen LogP contribution in [0.25, 0.3) is 6.08 Å². The molecule has 0 atom stereocenters. The lowest BCUT2D eigenvalue weighted by Gasteiger charge is -2.06. The number of hydrogen-bond acceptors (Lipinski definition) is 3. The maximum absolute atomic E-state index is 12.7. The number of nitriles is 1. The Morgan fingerprint density at radius 3 is 2.70 bits per heavy atom. The van der Waals surface area contributed by atoms with Gasteiger partial charge in [-0.25, -0.2) is 0 Å². The molecule has 1 N–H and O–H groups in total. The molecule has 1 amide bonds. The fourth-order valence-electron chi connectivity index (χ4n) is 2.23. The van der Waals surface area contributed by atoms with Crippen molar-refractivity contribution in [3.63, 3.8) is 0 Å². The van der Waals surface area contributed by atoms with Gasteiger partial charge in [0.1, 0.15) is 0 Å². The molecular weight excluding hydrogens is 373 g/mol. The van der Waals surface area contributed by atoms with Crippen LogP contribution in [0.3, 0.4) is 0 Å². The zero-order chi connectivity index (χ0) is 19.7. The molecule has 0 unspecified atom stereocenters. The van der Waals surface area contributed by atoms with E-state index in [1.165, 1.54) is 24.3 Å². The minimum Gasteiger partial charge on any atom is -0.352 e. The molecule has 140 valence electrons. The second kappa shape index (κ2) is 9.83. The van der Waals surface area contributed by atoms with Gasteiger partial charge in [-0.2, -0.15) is 30.2 Å². The van der Waals surface area contributed by atoms with E-state index in [0.29, 0.717) is 29.2 Å². The Kier molecular flexibility index (Phi) is 7.50. The van der Waals surface area contributed by atoms with Gasteiger partial charge >= 0.3 is 6.18 Å². The average Bonchev–Trinajstić information content (AvgIpc) is 2.66. The van der Waals surface area contributed by atoms with E-state index in [0.717, 1.165) is 17.7 Å². The van der Waals surface area contributed by atoms with Gasteiger partial charge in [0.2, 0.25) is 5.91 Å². The Labute approximate surface area is 159 Å².